The minimum atomic E-state index is -0.835. The molecule has 1 heterocycles. The third kappa shape index (κ3) is 4.39. The van der Waals surface area contributed by atoms with E-state index in [1.165, 1.54) is 11.8 Å². The first-order chi connectivity index (χ1) is 10.5. The Kier molecular flexibility index (Phi) is 5.27. The molecule has 0 radical (unpaired) electrons. The number of rotatable bonds is 6. The number of carbonyl (C=O) groups excluding carboxylic acids is 1. The second kappa shape index (κ2) is 7.17. The first-order valence-corrected chi connectivity index (χ1v) is 7.88. The largest absolute Gasteiger partial charge is 0.481 e. The van der Waals surface area contributed by atoms with Crippen LogP contribution >= 0.6 is 11.8 Å². The molecule has 1 aromatic carbocycles. The van der Waals surface area contributed by atoms with Crippen molar-refractivity contribution in [1.29, 1.82) is 0 Å². The standard InChI is InChI=1S/C16H17NO4S/c1-10-6-11(2)21-15(10)16(20)17-13-5-3-4-12(7-13)8-22-9-14(18)19/h3-7H,8-9H2,1-2H3,(H,17,20)(H,18,19). The molecule has 0 saturated carbocycles. The van der Waals surface area contributed by atoms with Gasteiger partial charge in [-0.25, -0.2) is 0 Å². The zero-order chi connectivity index (χ0) is 16.1. The average Bonchev–Trinajstić information content (AvgIpc) is 2.78. The summed E-state index contributed by atoms with van der Waals surface area (Å²) in [7, 11) is 0. The fourth-order valence-electron chi connectivity index (χ4n) is 2.05. The van der Waals surface area contributed by atoms with Crippen LogP contribution in [0.15, 0.2) is 34.7 Å². The number of amides is 1. The van der Waals surface area contributed by atoms with Crippen molar-refractivity contribution in [2.24, 2.45) is 0 Å². The highest BCUT2D eigenvalue weighted by Gasteiger charge is 2.14. The molecular formula is C16H17NO4S. The van der Waals surface area contributed by atoms with Gasteiger partial charge in [0.15, 0.2) is 5.76 Å². The van der Waals surface area contributed by atoms with E-state index in [0.29, 0.717) is 23.0 Å². The molecule has 0 bridgehead atoms. The van der Waals surface area contributed by atoms with Gasteiger partial charge in [-0.1, -0.05) is 12.1 Å². The Hall–Kier alpha value is -2.21. The summed E-state index contributed by atoms with van der Waals surface area (Å²) in [6.07, 6.45) is 0. The molecule has 0 spiro atoms. The molecule has 6 heteroatoms. The van der Waals surface area contributed by atoms with Gasteiger partial charge in [-0.15, -0.1) is 11.8 Å². The molecule has 1 amide bonds. The van der Waals surface area contributed by atoms with Gasteiger partial charge in [0.05, 0.1) is 5.75 Å². The van der Waals surface area contributed by atoms with Crippen LogP contribution in [-0.4, -0.2) is 22.7 Å². The van der Waals surface area contributed by atoms with Crippen LogP contribution in [0.4, 0.5) is 5.69 Å². The van der Waals surface area contributed by atoms with E-state index >= 15 is 0 Å². The van der Waals surface area contributed by atoms with E-state index in [-0.39, 0.29) is 11.7 Å². The summed E-state index contributed by atoms with van der Waals surface area (Å²) in [6, 6.07) is 9.15. The summed E-state index contributed by atoms with van der Waals surface area (Å²) >= 11 is 1.31. The van der Waals surface area contributed by atoms with Crippen molar-refractivity contribution < 1.29 is 19.1 Å². The van der Waals surface area contributed by atoms with Gasteiger partial charge in [0.1, 0.15) is 5.76 Å². The van der Waals surface area contributed by atoms with Crippen LogP contribution in [0.3, 0.4) is 0 Å². The van der Waals surface area contributed by atoms with E-state index in [0.717, 1.165) is 11.1 Å². The number of benzene rings is 1. The van der Waals surface area contributed by atoms with Gasteiger partial charge >= 0.3 is 5.97 Å². The second-order valence-corrected chi connectivity index (χ2v) is 5.90. The van der Waals surface area contributed by atoms with Crippen molar-refractivity contribution in [3.8, 4) is 0 Å². The van der Waals surface area contributed by atoms with Gasteiger partial charge in [-0.3, -0.25) is 9.59 Å². The highest BCUT2D eigenvalue weighted by molar-refractivity contribution is 7.99. The molecule has 22 heavy (non-hydrogen) atoms. The lowest BCUT2D eigenvalue weighted by Gasteiger charge is -2.06. The molecule has 0 aliphatic rings. The number of aliphatic carboxylic acids is 1. The number of aryl methyl sites for hydroxylation is 2. The fraction of sp³-hybridized carbons (Fsp3) is 0.250. The predicted octanol–water partition coefficient (Wildman–Crippen LogP) is 3.47. The molecule has 0 saturated heterocycles. The topological polar surface area (TPSA) is 79.5 Å². The number of thioether (sulfide) groups is 1. The second-order valence-electron chi connectivity index (χ2n) is 4.91. The molecule has 0 atom stereocenters. The number of hydrogen-bond acceptors (Lipinski definition) is 4. The van der Waals surface area contributed by atoms with Gasteiger partial charge in [-0.2, -0.15) is 0 Å². The molecule has 0 aliphatic heterocycles. The van der Waals surface area contributed by atoms with E-state index < -0.39 is 5.97 Å². The van der Waals surface area contributed by atoms with Gasteiger partial charge in [0, 0.05) is 17.0 Å². The van der Waals surface area contributed by atoms with Crippen molar-refractivity contribution in [2.75, 3.05) is 11.1 Å². The Labute approximate surface area is 132 Å². The summed E-state index contributed by atoms with van der Waals surface area (Å²) in [5, 5.41) is 11.4. The van der Waals surface area contributed by atoms with Crippen molar-refractivity contribution >= 4 is 29.3 Å². The van der Waals surface area contributed by atoms with Gasteiger partial charge in [0.25, 0.3) is 5.91 Å². The molecule has 0 fully saturated rings. The minimum absolute atomic E-state index is 0.0570. The highest BCUT2D eigenvalue weighted by Crippen LogP contribution is 2.19. The SMILES string of the molecule is Cc1cc(C)c(C(=O)Nc2cccc(CSCC(=O)O)c2)o1. The van der Waals surface area contributed by atoms with E-state index in [4.69, 9.17) is 9.52 Å². The minimum Gasteiger partial charge on any atom is -0.481 e. The maximum atomic E-state index is 12.2. The Morgan fingerprint density at radius 3 is 2.68 bits per heavy atom. The van der Waals surface area contributed by atoms with Crippen LogP contribution in [0.5, 0.6) is 0 Å². The van der Waals surface area contributed by atoms with Crippen molar-refractivity contribution in [1.82, 2.24) is 0 Å². The van der Waals surface area contributed by atoms with Gasteiger partial charge in [0.2, 0.25) is 0 Å². The van der Waals surface area contributed by atoms with Crippen LogP contribution in [0.1, 0.15) is 27.4 Å². The van der Waals surface area contributed by atoms with E-state index in [1.807, 2.05) is 31.2 Å². The molecule has 1 aromatic heterocycles. The predicted molar refractivity (Wildman–Crippen MR) is 86.4 cm³/mol. The lowest BCUT2D eigenvalue weighted by Crippen LogP contribution is -2.12. The van der Waals surface area contributed by atoms with E-state index in [9.17, 15) is 9.59 Å². The Morgan fingerprint density at radius 2 is 2.05 bits per heavy atom. The molecule has 2 aromatic rings. The molecule has 2 N–H and O–H groups in total. The summed E-state index contributed by atoms with van der Waals surface area (Å²) in [4.78, 5) is 22.7. The molecular weight excluding hydrogens is 302 g/mol. The number of furan rings is 1. The molecule has 0 aliphatic carbocycles. The van der Waals surface area contributed by atoms with Crippen LogP contribution in [0, 0.1) is 13.8 Å². The lowest BCUT2D eigenvalue weighted by atomic mass is 10.2. The Bertz CT molecular complexity index is 693. The summed E-state index contributed by atoms with van der Waals surface area (Å²) in [5.74, 6) is 0.514. The zero-order valence-corrected chi connectivity index (χ0v) is 13.2. The van der Waals surface area contributed by atoms with Gasteiger partial charge in [-0.05, 0) is 37.6 Å². The maximum absolute atomic E-state index is 12.2. The normalized spacial score (nSPS) is 10.5. The van der Waals surface area contributed by atoms with Crippen molar-refractivity contribution in [2.45, 2.75) is 19.6 Å². The number of anilines is 1. The number of nitrogens with one attached hydrogen (secondary N) is 1. The summed E-state index contributed by atoms with van der Waals surface area (Å²) in [6.45, 7) is 3.62. The third-order valence-corrected chi connectivity index (χ3v) is 3.91. The van der Waals surface area contributed by atoms with Crippen molar-refractivity contribution in [3.63, 3.8) is 0 Å². The number of carboxylic acid groups (broad SMARTS) is 1. The first kappa shape index (κ1) is 16.2. The summed E-state index contributed by atoms with van der Waals surface area (Å²) in [5.41, 5.74) is 2.41. The summed E-state index contributed by atoms with van der Waals surface area (Å²) < 4.78 is 5.39. The Morgan fingerprint density at radius 1 is 1.27 bits per heavy atom. The zero-order valence-electron chi connectivity index (χ0n) is 12.4. The highest BCUT2D eigenvalue weighted by atomic mass is 32.2. The fourth-order valence-corrected chi connectivity index (χ4v) is 2.74. The van der Waals surface area contributed by atoms with Crippen LogP contribution in [0.2, 0.25) is 0 Å². The monoisotopic (exact) mass is 319 g/mol. The number of carboxylic acids is 1. The smallest absolute Gasteiger partial charge is 0.313 e. The van der Waals surface area contributed by atoms with Crippen LogP contribution in [0.25, 0.3) is 0 Å². The van der Waals surface area contributed by atoms with Crippen LogP contribution < -0.4 is 5.32 Å². The third-order valence-electron chi connectivity index (χ3n) is 2.93. The lowest BCUT2D eigenvalue weighted by molar-refractivity contribution is -0.133. The molecule has 5 nitrogen and oxygen atoms in total. The number of carbonyl (C=O) groups is 2. The van der Waals surface area contributed by atoms with E-state index in [1.54, 1.807) is 13.0 Å². The number of hydrogen-bond donors (Lipinski definition) is 2. The first-order valence-electron chi connectivity index (χ1n) is 6.72. The average molecular weight is 319 g/mol. The van der Waals surface area contributed by atoms with Crippen molar-refractivity contribution in [3.05, 3.63) is 53.0 Å². The van der Waals surface area contributed by atoms with Gasteiger partial charge < -0.3 is 14.8 Å². The maximum Gasteiger partial charge on any atom is 0.313 e. The molecule has 2 rings (SSSR count). The Balaban J connectivity index is 2.02. The van der Waals surface area contributed by atoms with Crippen LogP contribution in [-0.2, 0) is 10.5 Å². The molecule has 116 valence electrons. The van der Waals surface area contributed by atoms with E-state index in [2.05, 4.69) is 5.32 Å². The molecule has 0 unspecified atom stereocenters. The quantitative estimate of drug-likeness (QED) is 0.852.